The number of Topliss-reactive ketones (excluding diaryl/α,β-unsaturated/α-hetero) is 1. The van der Waals surface area contributed by atoms with Gasteiger partial charge in [-0.2, -0.15) is 0 Å². The van der Waals surface area contributed by atoms with Crippen LogP contribution in [0.2, 0.25) is 0 Å². The Morgan fingerprint density at radius 2 is 2.31 bits per heavy atom. The average molecular weight is 180 g/mol. The molecule has 0 bridgehead atoms. The molecule has 1 rings (SSSR count). The summed E-state index contributed by atoms with van der Waals surface area (Å²) < 4.78 is 5.01. The normalized spacial score (nSPS) is 12.2. The van der Waals surface area contributed by atoms with E-state index in [0.29, 0.717) is 5.88 Å². The van der Waals surface area contributed by atoms with E-state index in [-0.39, 0.29) is 11.7 Å². The largest absolute Gasteiger partial charge is 0.481 e. The second-order valence-corrected chi connectivity index (χ2v) is 2.82. The Balaban J connectivity index is 3.05. The van der Waals surface area contributed by atoms with Gasteiger partial charge in [-0.05, 0) is 6.92 Å². The molecule has 0 aliphatic rings. The molecule has 4 heteroatoms. The molecule has 0 N–H and O–H groups in total. The zero-order chi connectivity index (χ0) is 9.84. The van der Waals surface area contributed by atoms with Crippen LogP contribution in [0, 0.1) is 0 Å². The molecule has 0 saturated heterocycles. The van der Waals surface area contributed by atoms with Gasteiger partial charge in [0.25, 0.3) is 0 Å². The quantitative estimate of drug-likeness (QED) is 0.700. The van der Waals surface area contributed by atoms with Crippen molar-refractivity contribution in [3.05, 3.63) is 18.1 Å². The fourth-order valence-corrected chi connectivity index (χ4v) is 1.02. The Labute approximate surface area is 77.0 Å². The molecular formula is C9H12N2O2. The molecule has 0 spiro atoms. The standard InChI is InChI=1S/C9H12N2O2/c1-6(7(2)12)8-4-10-5-11-9(8)13-3/h4-6H,1-3H3. The minimum absolute atomic E-state index is 0.0769. The van der Waals surface area contributed by atoms with Gasteiger partial charge in [-0.15, -0.1) is 0 Å². The Bertz CT molecular complexity index is 312. The number of hydrogen-bond acceptors (Lipinski definition) is 4. The van der Waals surface area contributed by atoms with Gasteiger partial charge in [0, 0.05) is 17.7 Å². The smallest absolute Gasteiger partial charge is 0.220 e. The first-order valence-corrected chi connectivity index (χ1v) is 4.01. The van der Waals surface area contributed by atoms with Crippen LogP contribution in [-0.4, -0.2) is 22.9 Å². The molecule has 1 aromatic heterocycles. The molecule has 0 aromatic carbocycles. The van der Waals surface area contributed by atoms with Gasteiger partial charge < -0.3 is 4.74 Å². The van der Waals surface area contributed by atoms with Gasteiger partial charge in [0.15, 0.2) is 0 Å². The van der Waals surface area contributed by atoms with Crippen LogP contribution in [0.5, 0.6) is 5.88 Å². The topological polar surface area (TPSA) is 52.1 Å². The highest BCUT2D eigenvalue weighted by Crippen LogP contribution is 2.23. The number of nitrogens with zero attached hydrogens (tertiary/aromatic N) is 2. The van der Waals surface area contributed by atoms with Crippen molar-refractivity contribution in [1.82, 2.24) is 9.97 Å². The summed E-state index contributed by atoms with van der Waals surface area (Å²) in [5.41, 5.74) is 0.734. The van der Waals surface area contributed by atoms with Gasteiger partial charge in [0.1, 0.15) is 12.1 Å². The van der Waals surface area contributed by atoms with E-state index in [2.05, 4.69) is 9.97 Å². The predicted molar refractivity (Wildman–Crippen MR) is 47.7 cm³/mol. The van der Waals surface area contributed by atoms with Gasteiger partial charge in [-0.25, -0.2) is 9.97 Å². The van der Waals surface area contributed by atoms with E-state index in [4.69, 9.17) is 4.74 Å². The molecule has 0 fully saturated rings. The van der Waals surface area contributed by atoms with Crippen LogP contribution < -0.4 is 4.74 Å². The molecule has 70 valence electrons. The third kappa shape index (κ3) is 2.02. The van der Waals surface area contributed by atoms with Crippen molar-refractivity contribution in [2.75, 3.05) is 7.11 Å². The predicted octanol–water partition coefficient (Wildman–Crippen LogP) is 1.18. The van der Waals surface area contributed by atoms with Crippen LogP contribution in [0.1, 0.15) is 25.3 Å². The minimum atomic E-state index is -0.212. The lowest BCUT2D eigenvalue weighted by Crippen LogP contribution is -2.07. The van der Waals surface area contributed by atoms with Crippen LogP contribution >= 0.6 is 0 Å². The molecule has 0 radical (unpaired) electrons. The zero-order valence-corrected chi connectivity index (χ0v) is 7.94. The summed E-state index contributed by atoms with van der Waals surface area (Å²) in [6, 6.07) is 0. The third-order valence-electron chi connectivity index (χ3n) is 1.97. The van der Waals surface area contributed by atoms with E-state index < -0.39 is 0 Å². The molecule has 0 amide bonds. The lowest BCUT2D eigenvalue weighted by atomic mass is 10.0. The Morgan fingerprint density at radius 1 is 1.62 bits per heavy atom. The molecule has 4 nitrogen and oxygen atoms in total. The minimum Gasteiger partial charge on any atom is -0.481 e. The summed E-state index contributed by atoms with van der Waals surface area (Å²) in [6.07, 6.45) is 3.01. The average Bonchev–Trinajstić information content (AvgIpc) is 2.16. The maximum atomic E-state index is 11.1. The number of aromatic nitrogens is 2. The second kappa shape index (κ2) is 3.98. The second-order valence-electron chi connectivity index (χ2n) is 2.82. The lowest BCUT2D eigenvalue weighted by molar-refractivity contribution is -0.118. The Morgan fingerprint density at radius 3 is 2.85 bits per heavy atom. The number of carbonyl (C=O) groups is 1. The summed E-state index contributed by atoms with van der Waals surface area (Å²) in [5.74, 6) is 0.335. The fourth-order valence-electron chi connectivity index (χ4n) is 1.02. The van der Waals surface area contributed by atoms with E-state index in [9.17, 15) is 4.79 Å². The van der Waals surface area contributed by atoms with Crippen LogP contribution in [0.25, 0.3) is 0 Å². The first kappa shape index (κ1) is 9.64. The number of hydrogen-bond donors (Lipinski definition) is 0. The molecule has 1 unspecified atom stereocenters. The van der Waals surface area contributed by atoms with Crippen LogP contribution in [0.3, 0.4) is 0 Å². The SMILES string of the molecule is COc1ncncc1C(C)C(C)=O. The number of carbonyl (C=O) groups excluding carboxylic acids is 1. The van der Waals surface area contributed by atoms with E-state index in [0.717, 1.165) is 5.56 Å². The third-order valence-corrected chi connectivity index (χ3v) is 1.97. The number of ether oxygens (including phenoxy) is 1. The molecule has 1 heterocycles. The van der Waals surface area contributed by atoms with Crippen molar-refractivity contribution in [2.24, 2.45) is 0 Å². The molecule has 0 aliphatic heterocycles. The molecule has 1 atom stereocenters. The maximum absolute atomic E-state index is 11.1. The summed E-state index contributed by atoms with van der Waals surface area (Å²) in [5, 5.41) is 0. The summed E-state index contributed by atoms with van der Waals surface area (Å²) in [6.45, 7) is 3.35. The number of methoxy groups -OCH3 is 1. The van der Waals surface area contributed by atoms with Gasteiger partial charge in [-0.1, -0.05) is 6.92 Å². The van der Waals surface area contributed by atoms with Gasteiger partial charge in [-0.3, -0.25) is 4.79 Å². The number of ketones is 1. The van der Waals surface area contributed by atoms with Gasteiger partial charge in [0.2, 0.25) is 5.88 Å². The van der Waals surface area contributed by atoms with Crippen molar-refractivity contribution in [3.63, 3.8) is 0 Å². The van der Waals surface area contributed by atoms with Crippen molar-refractivity contribution in [3.8, 4) is 5.88 Å². The summed E-state index contributed by atoms with van der Waals surface area (Å²) >= 11 is 0. The molecule has 0 saturated carbocycles. The highest BCUT2D eigenvalue weighted by Gasteiger charge is 2.16. The highest BCUT2D eigenvalue weighted by molar-refractivity contribution is 5.83. The molecule has 13 heavy (non-hydrogen) atoms. The maximum Gasteiger partial charge on any atom is 0.220 e. The van der Waals surface area contributed by atoms with Gasteiger partial charge >= 0.3 is 0 Å². The van der Waals surface area contributed by atoms with Crippen LogP contribution in [0.4, 0.5) is 0 Å². The molecule has 1 aromatic rings. The first-order valence-electron chi connectivity index (χ1n) is 4.01. The molecule has 0 aliphatic carbocycles. The van der Waals surface area contributed by atoms with Crippen LogP contribution in [0.15, 0.2) is 12.5 Å². The highest BCUT2D eigenvalue weighted by atomic mass is 16.5. The van der Waals surface area contributed by atoms with Crippen molar-refractivity contribution in [1.29, 1.82) is 0 Å². The summed E-state index contributed by atoms with van der Waals surface area (Å²) in [7, 11) is 1.53. The van der Waals surface area contributed by atoms with Crippen molar-refractivity contribution in [2.45, 2.75) is 19.8 Å². The van der Waals surface area contributed by atoms with Crippen molar-refractivity contribution < 1.29 is 9.53 Å². The Kier molecular flexibility index (Phi) is 2.95. The van der Waals surface area contributed by atoms with E-state index in [1.807, 2.05) is 6.92 Å². The summed E-state index contributed by atoms with van der Waals surface area (Å²) in [4.78, 5) is 18.9. The van der Waals surface area contributed by atoms with E-state index in [1.165, 1.54) is 20.4 Å². The lowest BCUT2D eigenvalue weighted by Gasteiger charge is -2.10. The van der Waals surface area contributed by atoms with Crippen molar-refractivity contribution >= 4 is 5.78 Å². The first-order chi connectivity index (χ1) is 6.16. The van der Waals surface area contributed by atoms with E-state index >= 15 is 0 Å². The number of rotatable bonds is 3. The monoisotopic (exact) mass is 180 g/mol. The van der Waals surface area contributed by atoms with Crippen LogP contribution in [-0.2, 0) is 4.79 Å². The van der Waals surface area contributed by atoms with E-state index in [1.54, 1.807) is 6.20 Å². The Hall–Kier alpha value is -1.45. The zero-order valence-electron chi connectivity index (χ0n) is 7.94. The molecular weight excluding hydrogens is 168 g/mol. The van der Waals surface area contributed by atoms with Gasteiger partial charge in [0.05, 0.1) is 7.11 Å². The fraction of sp³-hybridized carbons (Fsp3) is 0.444.